The Hall–Kier alpha value is -3.07. The average Bonchev–Trinajstić information content (AvgIpc) is 3.31. The maximum absolute atomic E-state index is 14.4. The molecule has 3 atom stereocenters. The van der Waals surface area contributed by atoms with E-state index >= 15 is 0 Å². The van der Waals surface area contributed by atoms with Crippen LogP contribution < -0.4 is 16.8 Å². The van der Waals surface area contributed by atoms with Crippen LogP contribution in [0.25, 0.3) is 10.6 Å². The topological polar surface area (TPSA) is 130 Å². The van der Waals surface area contributed by atoms with Gasteiger partial charge < -0.3 is 26.3 Å². The Labute approximate surface area is 207 Å². The third-order valence-corrected chi connectivity index (χ3v) is 6.85. The van der Waals surface area contributed by atoms with Crippen LogP contribution in [0.2, 0.25) is 0 Å². The summed E-state index contributed by atoms with van der Waals surface area (Å²) in [5.74, 6) is -1.91. The van der Waals surface area contributed by atoms with E-state index in [0.717, 1.165) is 18.2 Å². The lowest BCUT2D eigenvalue weighted by Crippen LogP contribution is -2.37. The highest BCUT2D eigenvalue weighted by Gasteiger charge is 2.36. The molecule has 4 rings (SSSR count). The lowest BCUT2D eigenvalue weighted by molar-refractivity contribution is -0.137. The minimum atomic E-state index is -4.83. The molecule has 36 heavy (non-hydrogen) atoms. The number of ether oxygens (including phenoxy) is 2. The number of aromatic nitrogens is 3. The van der Waals surface area contributed by atoms with E-state index in [1.807, 2.05) is 0 Å². The zero-order chi connectivity index (χ0) is 26.2. The molecule has 3 unspecified atom stereocenters. The minimum Gasteiger partial charge on any atom is -0.389 e. The van der Waals surface area contributed by atoms with Crippen molar-refractivity contribution in [3.63, 3.8) is 0 Å². The minimum absolute atomic E-state index is 0.163. The zero-order valence-corrected chi connectivity index (χ0v) is 20.1. The second kappa shape index (κ2) is 10.1. The maximum atomic E-state index is 14.4. The van der Waals surface area contributed by atoms with Crippen molar-refractivity contribution in [2.24, 2.45) is 12.8 Å². The summed E-state index contributed by atoms with van der Waals surface area (Å²) >= 11 is 0.586. The standard InChI is InChI=1S/C22H24F4N6O3S/c1-32-18(14-7-6-12(27)15(34-2)9-35-14)13(8-29-32)30-20(33)17-19(28)36-21(31-17)16-10(22(24,25)26)4-3-5-11(16)23/h3-5,8,12,14-15H,6-7,9,27-28H2,1-2H3,(H,30,33). The van der Waals surface area contributed by atoms with Gasteiger partial charge in [-0.05, 0) is 25.0 Å². The number of hydrogen-bond acceptors (Lipinski definition) is 8. The third-order valence-electron chi connectivity index (χ3n) is 5.94. The van der Waals surface area contributed by atoms with Crippen LogP contribution in [-0.4, -0.2) is 46.5 Å². The molecule has 14 heteroatoms. The van der Waals surface area contributed by atoms with Gasteiger partial charge in [0, 0.05) is 20.2 Å². The number of benzene rings is 1. The van der Waals surface area contributed by atoms with Gasteiger partial charge in [0.2, 0.25) is 0 Å². The number of halogens is 4. The summed E-state index contributed by atoms with van der Waals surface area (Å²) < 4.78 is 67.7. The number of rotatable bonds is 5. The van der Waals surface area contributed by atoms with Crippen LogP contribution >= 0.6 is 11.3 Å². The van der Waals surface area contributed by atoms with Gasteiger partial charge in [-0.15, -0.1) is 0 Å². The first-order chi connectivity index (χ1) is 17.0. The predicted molar refractivity (Wildman–Crippen MR) is 125 cm³/mol. The normalized spacial score (nSPS) is 20.8. The van der Waals surface area contributed by atoms with Crippen molar-refractivity contribution in [1.82, 2.24) is 14.8 Å². The summed E-state index contributed by atoms with van der Waals surface area (Å²) in [6.45, 7) is 0.244. The van der Waals surface area contributed by atoms with Crippen molar-refractivity contribution >= 4 is 27.9 Å². The summed E-state index contributed by atoms with van der Waals surface area (Å²) in [5.41, 5.74) is 10.6. The largest absolute Gasteiger partial charge is 0.417 e. The van der Waals surface area contributed by atoms with Gasteiger partial charge in [-0.3, -0.25) is 9.48 Å². The number of methoxy groups -OCH3 is 1. The molecule has 1 saturated heterocycles. The Kier molecular flexibility index (Phi) is 7.31. The number of carbonyl (C=O) groups is 1. The summed E-state index contributed by atoms with van der Waals surface area (Å²) in [6, 6.07) is 2.36. The highest BCUT2D eigenvalue weighted by atomic mass is 32.1. The summed E-state index contributed by atoms with van der Waals surface area (Å²) in [7, 11) is 3.23. The molecule has 0 bridgehead atoms. The lowest BCUT2D eigenvalue weighted by atomic mass is 10.0. The van der Waals surface area contributed by atoms with Crippen LogP contribution in [0.4, 0.5) is 28.3 Å². The first-order valence-corrected chi connectivity index (χ1v) is 11.7. The van der Waals surface area contributed by atoms with Gasteiger partial charge in [0.25, 0.3) is 5.91 Å². The van der Waals surface area contributed by atoms with E-state index in [1.165, 1.54) is 6.20 Å². The Morgan fingerprint density at radius 1 is 1.33 bits per heavy atom. The van der Waals surface area contributed by atoms with Gasteiger partial charge in [-0.2, -0.15) is 18.3 Å². The molecular weight excluding hydrogens is 504 g/mol. The van der Waals surface area contributed by atoms with E-state index in [1.54, 1.807) is 18.8 Å². The predicted octanol–water partition coefficient (Wildman–Crippen LogP) is 3.73. The monoisotopic (exact) mass is 528 g/mol. The molecule has 0 saturated carbocycles. The Morgan fingerprint density at radius 3 is 2.78 bits per heavy atom. The fourth-order valence-corrected chi connectivity index (χ4v) is 4.98. The molecular formula is C22H24F4N6O3S. The van der Waals surface area contributed by atoms with E-state index < -0.39 is 35.1 Å². The van der Waals surface area contributed by atoms with E-state index in [2.05, 4.69) is 15.4 Å². The number of thiazole rings is 1. The van der Waals surface area contributed by atoms with Crippen LogP contribution in [0.3, 0.4) is 0 Å². The molecule has 1 aliphatic rings. The van der Waals surface area contributed by atoms with Gasteiger partial charge in [-0.1, -0.05) is 17.4 Å². The first kappa shape index (κ1) is 26.0. The number of nitrogens with two attached hydrogens (primary N) is 2. The average molecular weight is 529 g/mol. The smallest absolute Gasteiger partial charge is 0.389 e. The molecule has 194 valence electrons. The molecule has 3 aromatic rings. The van der Waals surface area contributed by atoms with Crippen molar-refractivity contribution in [2.75, 3.05) is 24.8 Å². The molecule has 0 spiro atoms. The molecule has 3 heterocycles. The van der Waals surface area contributed by atoms with Crippen LogP contribution in [0.5, 0.6) is 0 Å². The van der Waals surface area contributed by atoms with Gasteiger partial charge in [-0.25, -0.2) is 9.37 Å². The van der Waals surface area contributed by atoms with Gasteiger partial charge in [0.15, 0.2) is 5.69 Å². The molecule has 0 aliphatic carbocycles. The van der Waals surface area contributed by atoms with Gasteiger partial charge >= 0.3 is 6.18 Å². The summed E-state index contributed by atoms with van der Waals surface area (Å²) in [6.07, 6.45) is -3.00. The second-order valence-electron chi connectivity index (χ2n) is 8.25. The Bertz CT molecular complexity index is 1260. The van der Waals surface area contributed by atoms with Crippen LogP contribution in [0.1, 0.15) is 40.7 Å². The van der Waals surface area contributed by atoms with Crippen molar-refractivity contribution in [3.8, 4) is 10.6 Å². The third kappa shape index (κ3) is 5.07. The molecule has 1 aliphatic heterocycles. The maximum Gasteiger partial charge on any atom is 0.417 e. The highest BCUT2D eigenvalue weighted by Crippen LogP contribution is 2.41. The van der Waals surface area contributed by atoms with Crippen LogP contribution in [0, 0.1) is 5.82 Å². The SMILES string of the molecule is COC1COC(c2c(NC(=O)c3nc(-c4c(F)cccc4C(F)(F)F)sc3N)cnn2C)CCC1N. The van der Waals surface area contributed by atoms with Crippen molar-refractivity contribution in [1.29, 1.82) is 0 Å². The molecule has 1 amide bonds. The van der Waals surface area contributed by atoms with Crippen molar-refractivity contribution in [3.05, 3.63) is 47.2 Å². The van der Waals surface area contributed by atoms with Crippen molar-refractivity contribution in [2.45, 2.75) is 37.3 Å². The number of carbonyl (C=O) groups excluding carboxylic acids is 1. The van der Waals surface area contributed by atoms with E-state index in [-0.39, 0.29) is 34.5 Å². The number of amides is 1. The molecule has 2 aromatic heterocycles. The second-order valence-corrected chi connectivity index (χ2v) is 9.28. The Morgan fingerprint density at radius 2 is 2.08 bits per heavy atom. The number of anilines is 2. The molecule has 0 radical (unpaired) electrons. The van der Waals surface area contributed by atoms with Gasteiger partial charge in [0.05, 0.1) is 41.4 Å². The molecule has 1 fully saturated rings. The summed E-state index contributed by atoms with van der Waals surface area (Å²) in [4.78, 5) is 17.0. The van der Waals surface area contributed by atoms with E-state index in [4.69, 9.17) is 20.9 Å². The number of alkyl halides is 3. The highest BCUT2D eigenvalue weighted by molar-refractivity contribution is 7.19. The molecule has 1 aromatic carbocycles. The number of nitrogens with one attached hydrogen (secondary N) is 1. The zero-order valence-electron chi connectivity index (χ0n) is 19.3. The molecule has 9 nitrogen and oxygen atoms in total. The quantitative estimate of drug-likeness (QED) is 0.430. The Balaban J connectivity index is 1.61. The van der Waals surface area contributed by atoms with E-state index in [9.17, 15) is 22.4 Å². The fraction of sp³-hybridized carbons (Fsp3) is 0.409. The first-order valence-electron chi connectivity index (χ1n) is 10.9. The van der Waals surface area contributed by atoms with E-state index in [0.29, 0.717) is 35.6 Å². The number of hydrogen-bond donors (Lipinski definition) is 3. The van der Waals surface area contributed by atoms with Crippen molar-refractivity contribution < 1.29 is 31.8 Å². The fourth-order valence-electron chi connectivity index (χ4n) is 4.09. The number of nitrogen functional groups attached to an aromatic ring is 1. The van der Waals surface area contributed by atoms with Crippen LogP contribution in [-0.2, 0) is 22.7 Å². The summed E-state index contributed by atoms with van der Waals surface area (Å²) in [5, 5.41) is 6.32. The van der Waals surface area contributed by atoms with Crippen LogP contribution in [0.15, 0.2) is 24.4 Å². The number of nitrogens with zero attached hydrogens (tertiary/aromatic N) is 3. The number of aryl methyl sites for hydroxylation is 1. The van der Waals surface area contributed by atoms with Gasteiger partial charge in [0.1, 0.15) is 21.9 Å². The lowest BCUT2D eigenvalue weighted by Gasteiger charge is -2.19. The molecule has 5 N–H and O–H groups in total.